The average Bonchev–Trinajstić information content (AvgIpc) is 2.93. The Balaban J connectivity index is 0.000000315. The van der Waals surface area contributed by atoms with Crippen LogP contribution in [0.1, 0.15) is 82.5 Å². The molecule has 0 fully saturated rings. The third-order valence-electron chi connectivity index (χ3n) is 5.88. The molecule has 0 aliphatic rings. The second-order valence-corrected chi connectivity index (χ2v) is 9.30. The molecule has 208 valence electrons. The molecule has 3 aromatic carbocycles. The van der Waals surface area contributed by atoms with E-state index in [1.54, 1.807) is 52.3 Å². The molecule has 0 aliphatic heterocycles. The highest BCUT2D eigenvalue weighted by Gasteiger charge is 2.03. The molecule has 0 saturated heterocycles. The Bertz CT molecular complexity index is 1100. The summed E-state index contributed by atoms with van der Waals surface area (Å²) in [7, 11) is 3.45. The first-order valence-electron chi connectivity index (χ1n) is 12.8. The van der Waals surface area contributed by atoms with E-state index in [4.69, 9.17) is 9.47 Å². The lowest BCUT2D eigenvalue weighted by atomic mass is 10.0. The zero-order valence-electron chi connectivity index (χ0n) is 24.1. The van der Waals surface area contributed by atoms with Gasteiger partial charge in [0, 0.05) is 49.7 Å². The fourth-order valence-corrected chi connectivity index (χ4v) is 3.42. The number of rotatable bonds is 10. The van der Waals surface area contributed by atoms with Gasteiger partial charge in [0.15, 0.2) is 23.1 Å². The number of hydrogen-bond acceptors (Lipinski definition) is 6. The Morgan fingerprint density at radius 3 is 1.05 bits per heavy atom. The van der Waals surface area contributed by atoms with E-state index in [-0.39, 0.29) is 23.1 Å². The normalized spacial score (nSPS) is 10.7. The van der Waals surface area contributed by atoms with E-state index < -0.39 is 0 Å². The topological polar surface area (TPSA) is 86.7 Å². The second kappa shape index (κ2) is 17.7. The van der Waals surface area contributed by atoms with Crippen LogP contribution in [0.25, 0.3) is 11.1 Å². The minimum absolute atomic E-state index is 0.0186. The van der Waals surface area contributed by atoms with Crippen LogP contribution in [0.3, 0.4) is 0 Å². The molecule has 39 heavy (non-hydrogen) atoms. The van der Waals surface area contributed by atoms with E-state index in [0.717, 1.165) is 30.8 Å². The van der Waals surface area contributed by atoms with Gasteiger partial charge in [-0.25, -0.2) is 0 Å². The lowest BCUT2D eigenvalue weighted by Gasteiger charge is -2.07. The molecule has 0 radical (unpaired) electrons. The van der Waals surface area contributed by atoms with E-state index in [9.17, 15) is 19.2 Å². The largest absolute Gasteiger partial charge is 0.385 e. The van der Waals surface area contributed by atoms with Gasteiger partial charge < -0.3 is 9.47 Å². The van der Waals surface area contributed by atoms with Crippen LogP contribution >= 0.6 is 0 Å². The molecule has 0 saturated carbocycles. The first-order valence-corrected chi connectivity index (χ1v) is 12.8. The summed E-state index contributed by atoms with van der Waals surface area (Å²) in [5.41, 5.74) is 4.77. The average molecular weight is 533 g/mol. The summed E-state index contributed by atoms with van der Waals surface area (Å²) in [5, 5.41) is 0. The van der Waals surface area contributed by atoms with Crippen LogP contribution in [0.2, 0.25) is 0 Å². The smallest absolute Gasteiger partial charge is 0.159 e. The zero-order chi connectivity index (χ0) is 29.4. The number of ketones is 4. The number of methoxy groups -OCH3 is 2. The predicted octanol–water partition coefficient (Wildman–Crippen LogP) is 7.16. The van der Waals surface area contributed by atoms with Gasteiger partial charge in [0.2, 0.25) is 0 Å². The minimum atomic E-state index is 0.0186. The van der Waals surface area contributed by atoms with Gasteiger partial charge in [-0.15, -0.1) is 0 Å². The molecule has 0 amide bonds. The lowest BCUT2D eigenvalue weighted by Crippen LogP contribution is -2.06. The summed E-state index contributed by atoms with van der Waals surface area (Å²) in [6.07, 6.45) is 1.09. The van der Waals surface area contributed by atoms with Crippen LogP contribution in [0.4, 0.5) is 0 Å². The summed E-state index contributed by atoms with van der Waals surface area (Å²) in [6.45, 7) is 9.94. The van der Waals surface area contributed by atoms with Gasteiger partial charge in [0.25, 0.3) is 0 Å². The van der Waals surface area contributed by atoms with Gasteiger partial charge in [0.1, 0.15) is 0 Å². The van der Waals surface area contributed by atoms with Crippen molar-refractivity contribution < 1.29 is 28.7 Å². The maximum absolute atomic E-state index is 11.2. The zero-order valence-corrected chi connectivity index (χ0v) is 24.1. The van der Waals surface area contributed by atoms with E-state index in [1.807, 2.05) is 48.5 Å². The Hall–Kier alpha value is -3.74. The van der Waals surface area contributed by atoms with Crippen molar-refractivity contribution in [1.29, 1.82) is 0 Å². The maximum Gasteiger partial charge on any atom is 0.159 e. The van der Waals surface area contributed by atoms with E-state index in [1.165, 1.54) is 13.8 Å². The molecule has 1 unspecified atom stereocenters. The first-order chi connectivity index (χ1) is 18.5. The number of carbonyl (C=O) groups excluding carboxylic acids is 4. The van der Waals surface area contributed by atoms with Crippen LogP contribution in [0, 0.1) is 5.92 Å². The van der Waals surface area contributed by atoms with Gasteiger partial charge in [-0.05, 0) is 51.2 Å². The minimum Gasteiger partial charge on any atom is -0.385 e. The van der Waals surface area contributed by atoms with Crippen molar-refractivity contribution in [1.82, 2.24) is 0 Å². The molecule has 0 bridgehead atoms. The molecule has 0 spiro atoms. The quantitative estimate of drug-likeness (QED) is 0.258. The predicted molar refractivity (Wildman–Crippen MR) is 156 cm³/mol. The lowest BCUT2D eigenvalue weighted by molar-refractivity contribution is 0.100. The Morgan fingerprint density at radius 1 is 0.538 bits per heavy atom. The fraction of sp³-hybridized carbons (Fsp3) is 0.333. The molecule has 0 heterocycles. The van der Waals surface area contributed by atoms with Crippen molar-refractivity contribution in [2.24, 2.45) is 5.92 Å². The van der Waals surface area contributed by atoms with Crippen molar-refractivity contribution in [3.05, 3.63) is 95.1 Å². The van der Waals surface area contributed by atoms with Crippen molar-refractivity contribution in [2.45, 2.75) is 41.0 Å². The highest BCUT2D eigenvalue weighted by atomic mass is 16.5. The SMILES string of the molecule is CC(=O)c1ccc(-c2ccc(C(C)=O)cc2)cc1.CC(=O)c1ccc(C(C)=O)cc1.COCCC(C)COC. The van der Waals surface area contributed by atoms with Gasteiger partial charge in [-0.2, -0.15) is 0 Å². The van der Waals surface area contributed by atoms with E-state index in [0.29, 0.717) is 28.2 Å². The van der Waals surface area contributed by atoms with Crippen LogP contribution < -0.4 is 0 Å². The van der Waals surface area contributed by atoms with Gasteiger partial charge in [-0.3, -0.25) is 19.2 Å². The third-order valence-corrected chi connectivity index (χ3v) is 5.88. The molecule has 0 aromatic heterocycles. The summed E-state index contributed by atoms with van der Waals surface area (Å²) in [6, 6.07) is 21.6. The first kappa shape index (κ1) is 33.3. The van der Waals surface area contributed by atoms with Crippen molar-refractivity contribution >= 4 is 23.1 Å². The number of hydrogen-bond donors (Lipinski definition) is 0. The van der Waals surface area contributed by atoms with Gasteiger partial charge in [0.05, 0.1) is 0 Å². The summed E-state index contributed by atoms with van der Waals surface area (Å²) < 4.78 is 9.85. The third kappa shape index (κ3) is 12.6. The maximum atomic E-state index is 11.2. The van der Waals surface area contributed by atoms with Crippen LogP contribution in [-0.2, 0) is 9.47 Å². The molecular weight excluding hydrogens is 492 g/mol. The Labute approximate surface area is 232 Å². The molecular formula is C33H40O6. The Kier molecular flexibility index (Phi) is 15.1. The summed E-state index contributed by atoms with van der Waals surface area (Å²) in [5.74, 6) is 0.784. The number of carbonyl (C=O) groups is 4. The number of Topliss-reactive ketones (excluding diaryl/α,β-unsaturated/α-hetero) is 4. The molecule has 0 N–H and O–H groups in total. The highest BCUT2D eigenvalue weighted by molar-refractivity contribution is 5.97. The van der Waals surface area contributed by atoms with Gasteiger partial charge >= 0.3 is 0 Å². The standard InChI is InChI=1S/C16H14O2.C10H10O2.C7H16O2/c1-11(17)13-3-7-15(8-4-13)16-9-5-14(6-10-16)12(2)18;1-7(11)9-3-5-10(6-4-9)8(2)12;1-7(6-9-3)4-5-8-2/h3-10H,1-2H3;3-6H,1-2H3;7H,4-6H2,1-3H3. The van der Waals surface area contributed by atoms with Crippen LogP contribution in [-0.4, -0.2) is 50.6 Å². The van der Waals surface area contributed by atoms with E-state index >= 15 is 0 Å². The van der Waals surface area contributed by atoms with Crippen LogP contribution in [0.5, 0.6) is 0 Å². The van der Waals surface area contributed by atoms with Crippen molar-refractivity contribution in [2.75, 3.05) is 27.4 Å². The Morgan fingerprint density at radius 2 is 0.821 bits per heavy atom. The van der Waals surface area contributed by atoms with Crippen molar-refractivity contribution in [3.63, 3.8) is 0 Å². The highest BCUT2D eigenvalue weighted by Crippen LogP contribution is 2.20. The molecule has 6 nitrogen and oxygen atoms in total. The second-order valence-electron chi connectivity index (χ2n) is 9.30. The fourth-order valence-electron chi connectivity index (χ4n) is 3.42. The molecule has 0 aliphatic carbocycles. The molecule has 3 rings (SSSR count). The monoisotopic (exact) mass is 532 g/mol. The molecule has 1 atom stereocenters. The van der Waals surface area contributed by atoms with E-state index in [2.05, 4.69) is 6.92 Å². The van der Waals surface area contributed by atoms with Crippen molar-refractivity contribution in [3.8, 4) is 11.1 Å². The number of ether oxygens (including phenoxy) is 2. The summed E-state index contributed by atoms with van der Waals surface area (Å²) >= 11 is 0. The van der Waals surface area contributed by atoms with Gasteiger partial charge in [-0.1, -0.05) is 79.7 Å². The molecule has 3 aromatic rings. The summed E-state index contributed by atoms with van der Waals surface area (Å²) in [4.78, 5) is 44.0. The van der Waals surface area contributed by atoms with Crippen LogP contribution in [0.15, 0.2) is 72.8 Å². The molecule has 6 heteroatoms. The number of benzene rings is 3.